The lowest BCUT2D eigenvalue weighted by Gasteiger charge is -2.24. The number of likely N-dealkylation sites (N-methyl/N-ethyl adjacent to an activating group) is 2. The maximum absolute atomic E-state index is 12.9. The van der Waals surface area contributed by atoms with Crippen LogP contribution in [-0.2, 0) is 7.05 Å². The highest BCUT2D eigenvalue weighted by Crippen LogP contribution is 2.36. The predicted octanol–water partition coefficient (Wildman–Crippen LogP) is 2.05. The van der Waals surface area contributed by atoms with Gasteiger partial charge in [0.25, 0.3) is 5.56 Å². The molecule has 178 valence electrons. The number of nitrogen functional groups attached to an aromatic ring is 1. The fraction of sp³-hybridized carbons (Fsp3) is 0.304. The number of hydrogen-bond donors (Lipinski definition) is 3. The molecule has 0 aliphatic rings. The van der Waals surface area contributed by atoms with Gasteiger partial charge in [-0.3, -0.25) is 14.5 Å². The minimum atomic E-state index is -0.198. The van der Waals surface area contributed by atoms with Crippen LogP contribution >= 0.6 is 0 Å². The standard InChI is InChI=1S/C23H29N9O2/c1-30(2)8-9-31(3)19-12-20(34-5)18(11-16(19)24)27-23-25-13-14-10-15(17-6-7-26-29-17)22(33)32(4)21(14)28-23/h6-7,10-13H,8-9,24H2,1-5H3,(H,26,29)(H,25,27,28). The SMILES string of the molecule is COc1cc(N(C)CCN(C)C)c(N)cc1Nc1ncc2cc(-c3cc[nH]n3)c(=O)n(C)c2n1. The van der Waals surface area contributed by atoms with E-state index in [9.17, 15) is 4.79 Å². The van der Waals surface area contributed by atoms with Crippen molar-refractivity contribution in [1.29, 1.82) is 0 Å². The highest BCUT2D eigenvalue weighted by atomic mass is 16.5. The zero-order valence-corrected chi connectivity index (χ0v) is 20.0. The van der Waals surface area contributed by atoms with Gasteiger partial charge in [0.15, 0.2) is 0 Å². The van der Waals surface area contributed by atoms with Gasteiger partial charge in [-0.1, -0.05) is 0 Å². The Morgan fingerprint density at radius 1 is 1.21 bits per heavy atom. The minimum absolute atomic E-state index is 0.198. The Balaban J connectivity index is 1.67. The summed E-state index contributed by atoms with van der Waals surface area (Å²) in [4.78, 5) is 26.1. The zero-order valence-electron chi connectivity index (χ0n) is 20.0. The second-order valence-electron chi connectivity index (χ2n) is 8.32. The van der Waals surface area contributed by atoms with Crippen molar-refractivity contribution >= 4 is 34.0 Å². The van der Waals surface area contributed by atoms with Crippen LogP contribution in [0.1, 0.15) is 0 Å². The summed E-state index contributed by atoms with van der Waals surface area (Å²) in [5, 5.41) is 10.7. The Kier molecular flexibility index (Phi) is 6.37. The molecule has 4 aromatic rings. The van der Waals surface area contributed by atoms with Gasteiger partial charge in [0.1, 0.15) is 11.4 Å². The fourth-order valence-corrected chi connectivity index (χ4v) is 3.67. The molecule has 11 heteroatoms. The van der Waals surface area contributed by atoms with E-state index in [2.05, 4.69) is 35.3 Å². The van der Waals surface area contributed by atoms with E-state index in [4.69, 9.17) is 10.5 Å². The summed E-state index contributed by atoms with van der Waals surface area (Å²) >= 11 is 0. The van der Waals surface area contributed by atoms with Crippen LogP contribution < -0.4 is 26.2 Å². The summed E-state index contributed by atoms with van der Waals surface area (Å²) in [6.07, 6.45) is 3.34. The molecule has 3 aromatic heterocycles. The van der Waals surface area contributed by atoms with Crippen LogP contribution in [0.15, 0.2) is 41.5 Å². The van der Waals surface area contributed by atoms with Crippen molar-refractivity contribution in [3.05, 3.63) is 47.0 Å². The number of aryl methyl sites for hydroxylation is 1. The van der Waals surface area contributed by atoms with Crippen molar-refractivity contribution < 1.29 is 4.74 Å². The molecule has 0 saturated carbocycles. The van der Waals surface area contributed by atoms with Crippen LogP contribution in [-0.4, -0.2) is 71.0 Å². The molecule has 0 aliphatic carbocycles. The summed E-state index contributed by atoms with van der Waals surface area (Å²) in [5.74, 6) is 0.925. The number of nitrogens with one attached hydrogen (secondary N) is 2. The van der Waals surface area contributed by atoms with Crippen molar-refractivity contribution in [3.63, 3.8) is 0 Å². The van der Waals surface area contributed by atoms with Crippen LogP contribution in [0.5, 0.6) is 5.75 Å². The molecule has 0 saturated heterocycles. The number of nitrogens with zero attached hydrogens (tertiary/aromatic N) is 6. The number of rotatable bonds is 8. The first-order valence-corrected chi connectivity index (χ1v) is 10.8. The van der Waals surface area contributed by atoms with Gasteiger partial charge in [0.2, 0.25) is 5.95 Å². The predicted molar refractivity (Wildman–Crippen MR) is 135 cm³/mol. The van der Waals surface area contributed by atoms with Crippen LogP contribution in [0, 0.1) is 0 Å². The Morgan fingerprint density at radius 3 is 2.68 bits per heavy atom. The fourth-order valence-electron chi connectivity index (χ4n) is 3.67. The van der Waals surface area contributed by atoms with E-state index < -0.39 is 0 Å². The first kappa shape index (κ1) is 23.1. The Morgan fingerprint density at radius 2 is 2.00 bits per heavy atom. The average Bonchev–Trinajstić information content (AvgIpc) is 3.35. The smallest absolute Gasteiger partial charge is 0.261 e. The molecule has 11 nitrogen and oxygen atoms in total. The Bertz CT molecular complexity index is 1360. The monoisotopic (exact) mass is 463 g/mol. The summed E-state index contributed by atoms with van der Waals surface area (Å²) in [6.45, 7) is 1.71. The highest BCUT2D eigenvalue weighted by Gasteiger charge is 2.15. The number of ether oxygens (including phenoxy) is 1. The maximum atomic E-state index is 12.9. The number of hydrogen-bond acceptors (Lipinski definition) is 9. The third-order valence-electron chi connectivity index (χ3n) is 5.61. The number of benzene rings is 1. The quantitative estimate of drug-likeness (QED) is 0.336. The van der Waals surface area contributed by atoms with Gasteiger partial charge in [0.05, 0.1) is 35.4 Å². The van der Waals surface area contributed by atoms with Gasteiger partial charge in [-0.2, -0.15) is 10.1 Å². The van der Waals surface area contributed by atoms with E-state index in [0.29, 0.717) is 40.0 Å². The third-order valence-corrected chi connectivity index (χ3v) is 5.61. The van der Waals surface area contributed by atoms with E-state index in [-0.39, 0.29) is 5.56 Å². The molecule has 0 atom stereocenters. The number of aromatic nitrogens is 5. The lowest BCUT2D eigenvalue weighted by atomic mass is 10.1. The number of nitrogens with two attached hydrogens (primary N) is 1. The normalized spacial score (nSPS) is 11.2. The summed E-state index contributed by atoms with van der Waals surface area (Å²) in [5.41, 5.74) is 9.80. The molecule has 4 rings (SSSR count). The number of aromatic amines is 1. The van der Waals surface area contributed by atoms with Crippen molar-refractivity contribution in [2.45, 2.75) is 0 Å². The molecular formula is C23H29N9O2. The topological polar surface area (TPSA) is 130 Å². The van der Waals surface area contributed by atoms with E-state index >= 15 is 0 Å². The van der Waals surface area contributed by atoms with Crippen molar-refractivity contribution in [1.82, 2.24) is 29.6 Å². The molecule has 0 radical (unpaired) electrons. The molecule has 0 fully saturated rings. The van der Waals surface area contributed by atoms with Gasteiger partial charge < -0.3 is 25.6 Å². The van der Waals surface area contributed by atoms with E-state index in [1.165, 1.54) is 4.57 Å². The van der Waals surface area contributed by atoms with Gasteiger partial charge >= 0.3 is 0 Å². The van der Waals surface area contributed by atoms with Crippen molar-refractivity contribution in [3.8, 4) is 17.0 Å². The molecule has 0 spiro atoms. The number of anilines is 4. The lowest BCUT2D eigenvalue weighted by Crippen LogP contribution is -2.29. The van der Waals surface area contributed by atoms with E-state index in [1.807, 2.05) is 27.2 Å². The number of H-pyrrole nitrogens is 1. The van der Waals surface area contributed by atoms with E-state index in [1.54, 1.807) is 44.8 Å². The Labute approximate surface area is 197 Å². The van der Waals surface area contributed by atoms with Gasteiger partial charge in [-0.15, -0.1) is 0 Å². The van der Waals surface area contributed by atoms with Gasteiger partial charge in [0, 0.05) is 51.0 Å². The van der Waals surface area contributed by atoms with Crippen LogP contribution in [0.25, 0.3) is 22.3 Å². The summed E-state index contributed by atoms with van der Waals surface area (Å²) in [6, 6.07) is 7.18. The second-order valence-corrected chi connectivity index (χ2v) is 8.32. The highest BCUT2D eigenvalue weighted by molar-refractivity contribution is 5.82. The average molecular weight is 464 g/mol. The molecule has 3 heterocycles. The number of methoxy groups -OCH3 is 1. The van der Waals surface area contributed by atoms with Crippen molar-refractivity contribution in [2.24, 2.45) is 7.05 Å². The second kappa shape index (κ2) is 9.40. The number of fused-ring (bicyclic) bond motifs is 1. The molecule has 0 aliphatic heterocycles. The molecule has 4 N–H and O–H groups in total. The zero-order chi connectivity index (χ0) is 24.4. The molecule has 0 bridgehead atoms. The summed E-state index contributed by atoms with van der Waals surface area (Å²) in [7, 11) is 9.33. The molecule has 1 aromatic carbocycles. The summed E-state index contributed by atoms with van der Waals surface area (Å²) < 4.78 is 7.09. The first-order chi connectivity index (χ1) is 16.3. The van der Waals surface area contributed by atoms with Crippen LogP contribution in [0.2, 0.25) is 0 Å². The Hall–Kier alpha value is -4.12. The maximum Gasteiger partial charge on any atom is 0.261 e. The molecule has 0 unspecified atom stereocenters. The molecular weight excluding hydrogens is 434 g/mol. The lowest BCUT2D eigenvalue weighted by molar-refractivity contribution is 0.413. The largest absolute Gasteiger partial charge is 0.494 e. The number of pyridine rings is 1. The van der Waals surface area contributed by atoms with Gasteiger partial charge in [-0.25, -0.2) is 4.98 Å². The van der Waals surface area contributed by atoms with Crippen LogP contribution in [0.4, 0.5) is 23.0 Å². The van der Waals surface area contributed by atoms with Crippen LogP contribution in [0.3, 0.4) is 0 Å². The first-order valence-electron chi connectivity index (χ1n) is 10.8. The molecule has 34 heavy (non-hydrogen) atoms. The third kappa shape index (κ3) is 4.50. The van der Waals surface area contributed by atoms with E-state index in [0.717, 1.165) is 24.2 Å². The van der Waals surface area contributed by atoms with Crippen molar-refractivity contribution in [2.75, 3.05) is 57.3 Å². The molecule has 0 amide bonds. The van der Waals surface area contributed by atoms with Gasteiger partial charge in [-0.05, 0) is 32.3 Å². The minimum Gasteiger partial charge on any atom is -0.494 e.